The van der Waals surface area contributed by atoms with Gasteiger partial charge in [0.1, 0.15) is 0 Å². The Morgan fingerprint density at radius 3 is 2.38 bits per heavy atom. The minimum absolute atomic E-state index is 0. The van der Waals surface area contributed by atoms with Gasteiger partial charge in [0.15, 0.2) is 0 Å². The fourth-order valence-corrected chi connectivity index (χ4v) is 3.81. The summed E-state index contributed by atoms with van der Waals surface area (Å²) in [7, 11) is 0. The highest BCUT2D eigenvalue weighted by Gasteiger charge is 2.52. The van der Waals surface area contributed by atoms with E-state index in [1.54, 1.807) is 6.20 Å². The molecule has 0 radical (unpaired) electrons. The molecule has 0 bridgehead atoms. The van der Waals surface area contributed by atoms with Gasteiger partial charge in [0.05, 0.1) is 17.2 Å². The van der Waals surface area contributed by atoms with Crippen LogP contribution in [-0.4, -0.2) is 35.4 Å². The lowest BCUT2D eigenvalue weighted by molar-refractivity contribution is -0.124. The Bertz CT molecular complexity index is 713. The molecule has 1 aromatic heterocycles. The van der Waals surface area contributed by atoms with Crippen LogP contribution in [0.1, 0.15) is 43.0 Å². The molecule has 1 unspecified atom stereocenters. The number of carbonyl (C=O) groups excluding carboxylic acids is 1. The molecule has 2 aliphatic rings. The van der Waals surface area contributed by atoms with Crippen LogP contribution in [-0.2, 0) is 10.2 Å². The Labute approximate surface area is 161 Å². The van der Waals surface area contributed by atoms with E-state index in [0.29, 0.717) is 0 Å². The lowest BCUT2D eigenvalue weighted by atomic mass is 9.98. The van der Waals surface area contributed by atoms with Gasteiger partial charge in [0, 0.05) is 12.7 Å². The summed E-state index contributed by atoms with van der Waals surface area (Å²) in [6, 6.07) is 16.2. The molecule has 1 aromatic carbocycles. The van der Waals surface area contributed by atoms with Gasteiger partial charge in [-0.25, -0.2) is 0 Å². The lowest BCUT2D eigenvalue weighted by Gasteiger charge is -2.27. The Hall–Kier alpha value is -1.91. The topological polar surface area (TPSA) is 45.2 Å². The van der Waals surface area contributed by atoms with Crippen LogP contribution < -0.4 is 5.32 Å². The summed E-state index contributed by atoms with van der Waals surface area (Å²) >= 11 is 0. The number of aromatic nitrogens is 1. The number of rotatable bonds is 6. The van der Waals surface area contributed by atoms with Gasteiger partial charge in [-0.1, -0.05) is 36.4 Å². The first kappa shape index (κ1) is 18.9. The molecule has 1 N–H and O–H groups in total. The third kappa shape index (κ3) is 3.92. The highest BCUT2D eigenvalue weighted by Crippen LogP contribution is 2.47. The van der Waals surface area contributed by atoms with Gasteiger partial charge in [0.2, 0.25) is 5.91 Å². The van der Waals surface area contributed by atoms with Crippen molar-refractivity contribution in [3.05, 3.63) is 66.0 Å². The van der Waals surface area contributed by atoms with Gasteiger partial charge in [-0.2, -0.15) is 0 Å². The monoisotopic (exact) mass is 371 g/mol. The minimum Gasteiger partial charge on any atom is -0.347 e. The molecule has 1 amide bonds. The fourth-order valence-electron chi connectivity index (χ4n) is 3.81. The van der Waals surface area contributed by atoms with E-state index in [1.807, 2.05) is 36.4 Å². The Kier molecular flexibility index (Phi) is 5.94. The van der Waals surface area contributed by atoms with Gasteiger partial charge in [0.25, 0.3) is 0 Å². The zero-order valence-corrected chi connectivity index (χ0v) is 15.8. The number of halogens is 1. The number of hydrogen-bond acceptors (Lipinski definition) is 3. The highest BCUT2D eigenvalue weighted by molar-refractivity contribution is 5.91. The second kappa shape index (κ2) is 8.19. The summed E-state index contributed by atoms with van der Waals surface area (Å²) < 4.78 is 0. The number of hydrogen-bond donors (Lipinski definition) is 1. The molecule has 2 heterocycles. The SMILES string of the molecule is Cl.O=C(NC(CN1CCCC1)c1ccccc1)C1(c2ccccn2)CC1. The number of nitrogens with one attached hydrogen (secondary N) is 1. The van der Waals surface area contributed by atoms with E-state index < -0.39 is 5.41 Å². The van der Waals surface area contributed by atoms with Crippen LogP contribution in [0.25, 0.3) is 0 Å². The molecular formula is C21H26ClN3O. The maximum absolute atomic E-state index is 13.1. The first-order valence-corrected chi connectivity index (χ1v) is 9.28. The standard InChI is InChI=1S/C21H25N3O.ClH/c25-20(21(11-12-21)19-10-4-5-13-22-19)23-18(16-24-14-6-7-15-24)17-8-2-1-3-9-17;/h1-5,8-10,13,18H,6-7,11-12,14-16H2,(H,23,25);1H. The molecule has 138 valence electrons. The van der Waals surface area contributed by atoms with Crippen molar-refractivity contribution in [3.63, 3.8) is 0 Å². The van der Waals surface area contributed by atoms with Gasteiger partial charge in [-0.05, 0) is 56.5 Å². The van der Waals surface area contributed by atoms with Crippen molar-refractivity contribution >= 4 is 18.3 Å². The molecule has 5 heteroatoms. The number of pyridine rings is 1. The number of carbonyl (C=O) groups is 1. The van der Waals surface area contributed by atoms with Gasteiger partial charge >= 0.3 is 0 Å². The summed E-state index contributed by atoms with van der Waals surface area (Å²) in [5.74, 6) is 0.124. The number of likely N-dealkylation sites (tertiary alicyclic amines) is 1. The van der Waals surface area contributed by atoms with Gasteiger partial charge in [-0.15, -0.1) is 12.4 Å². The quantitative estimate of drug-likeness (QED) is 0.845. The molecule has 4 rings (SSSR count). The maximum atomic E-state index is 13.1. The Morgan fingerprint density at radius 2 is 1.77 bits per heavy atom. The zero-order valence-electron chi connectivity index (χ0n) is 14.9. The third-order valence-corrected chi connectivity index (χ3v) is 5.49. The zero-order chi connectivity index (χ0) is 17.1. The number of benzene rings is 1. The van der Waals surface area contributed by atoms with E-state index in [2.05, 4.69) is 27.3 Å². The fraction of sp³-hybridized carbons (Fsp3) is 0.429. The van der Waals surface area contributed by atoms with Crippen molar-refractivity contribution in [1.29, 1.82) is 0 Å². The van der Waals surface area contributed by atoms with Crippen molar-refractivity contribution < 1.29 is 4.79 Å². The number of amides is 1. The molecule has 1 saturated heterocycles. The molecule has 4 nitrogen and oxygen atoms in total. The lowest BCUT2D eigenvalue weighted by Crippen LogP contribution is -2.42. The van der Waals surface area contributed by atoms with Crippen LogP contribution in [0.5, 0.6) is 0 Å². The summed E-state index contributed by atoms with van der Waals surface area (Å²) in [6.45, 7) is 3.14. The number of nitrogens with zero attached hydrogens (tertiary/aromatic N) is 2. The summed E-state index contributed by atoms with van der Waals surface area (Å²) in [5.41, 5.74) is 1.67. The van der Waals surface area contributed by atoms with E-state index in [1.165, 1.54) is 18.4 Å². The predicted octanol–water partition coefficient (Wildman–Crippen LogP) is 3.49. The maximum Gasteiger partial charge on any atom is 0.232 e. The predicted molar refractivity (Wildman–Crippen MR) is 105 cm³/mol. The Morgan fingerprint density at radius 1 is 1.08 bits per heavy atom. The first-order valence-electron chi connectivity index (χ1n) is 9.28. The molecule has 0 spiro atoms. The largest absolute Gasteiger partial charge is 0.347 e. The van der Waals surface area contributed by atoms with Crippen molar-refractivity contribution in [2.75, 3.05) is 19.6 Å². The van der Waals surface area contributed by atoms with Crippen LogP contribution in [0.4, 0.5) is 0 Å². The highest BCUT2D eigenvalue weighted by atomic mass is 35.5. The van der Waals surface area contributed by atoms with Crippen molar-refractivity contribution in [3.8, 4) is 0 Å². The van der Waals surface area contributed by atoms with Crippen molar-refractivity contribution in [2.45, 2.75) is 37.1 Å². The molecule has 1 aliphatic heterocycles. The van der Waals surface area contributed by atoms with Crippen LogP contribution in [0.2, 0.25) is 0 Å². The van der Waals surface area contributed by atoms with E-state index in [4.69, 9.17) is 0 Å². The van der Waals surface area contributed by atoms with Crippen LogP contribution in [0.15, 0.2) is 54.7 Å². The molecule has 2 fully saturated rings. The minimum atomic E-state index is -0.417. The average Bonchev–Trinajstić information content (AvgIpc) is 3.33. The molecule has 1 atom stereocenters. The average molecular weight is 372 g/mol. The molecule has 2 aromatic rings. The second-order valence-electron chi connectivity index (χ2n) is 7.24. The van der Waals surface area contributed by atoms with E-state index >= 15 is 0 Å². The first-order chi connectivity index (χ1) is 12.3. The van der Waals surface area contributed by atoms with E-state index in [0.717, 1.165) is 38.2 Å². The normalized spacial score (nSPS) is 19.4. The third-order valence-electron chi connectivity index (χ3n) is 5.49. The molecule has 26 heavy (non-hydrogen) atoms. The smallest absolute Gasteiger partial charge is 0.232 e. The Balaban J connectivity index is 0.00000196. The molecule has 1 saturated carbocycles. The molecular weight excluding hydrogens is 346 g/mol. The van der Waals surface area contributed by atoms with Gasteiger partial charge in [-0.3, -0.25) is 9.78 Å². The second-order valence-corrected chi connectivity index (χ2v) is 7.24. The van der Waals surface area contributed by atoms with E-state index in [-0.39, 0.29) is 24.4 Å². The van der Waals surface area contributed by atoms with E-state index in [9.17, 15) is 4.79 Å². The molecule has 1 aliphatic carbocycles. The van der Waals surface area contributed by atoms with Crippen LogP contribution in [0, 0.1) is 0 Å². The summed E-state index contributed by atoms with van der Waals surface area (Å²) in [6.07, 6.45) is 6.07. The van der Waals surface area contributed by atoms with Crippen molar-refractivity contribution in [2.24, 2.45) is 0 Å². The summed E-state index contributed by atoms with van der Waals surface area (Å²) in [5, 5.41) is 3.34. The summed E-state index contributed by atoms with van der Waals surface area (Å²) in [4.78, 5) is 20.0. The van der Waals surface area contributed by atoms with Crippen LogP contribution in [0.3, 0.4) is 0 Å². The van der Waals surface area contributed by atoms with Gasteiger partial charge < -0.3 is 10.2 Å². The van der Waals surface area contributed by atoms with Crippen LogP contribution >= 0.6 is 12.4 Å². The van der Waals surface area contributed by atoms with Crippen molar-refractivity contribution in [1.82, 2.24) is 15.2 Å².